The summed E-state index contributed by atoms with van der Waals surface area (Å²) in [4.78, 5) is 12.8. The number of halogens is 4. The van der Waals surface area contributed by atoms with E-state index in [0.717, 1.165) is 6.07 Å². The van der Waals surface area contributed by atoms with Gasteiger partial charge in [-0.1, -0.05) is 12.1 Å². The summed E-state index contributed by atoms with van der Waals surface area (Å²) in [6, 6.07) is 10.0. The Kier molecular flexibility index (Phi) is 6.78. The van der Waals surface area contributed by atoms with E-state index in [2.05, 4.69) is 15.0 Å². The Bertz CT molecular complexity index is 1580. The molecule has 0 amide bonds. The molecule has 0 unspecified atom stereocenters. The van der Waals surface area contributed by atoms with Crippen LogP contribution in [0.1, 0.15) is 6.42 Å². The Balaban J connectivity index is 1.76. The van der Waals surface area contributed by atoms with Gasteiger partial charge in [-0.05, 0) is 35.9 Å². The molecule has 2 aromatic heterocycles. The summed E-state index contributed by atoms with van der Waals surface area (Å²) in [5.74, 6) is -1.40. The Morgan fingerprint density at radius 1 is 1.05 bits per heavy atom. The smallest absolute Gasteiger partial charge is 0.390 e. The number of hydrogen-bond acceptors (Lipinski definition) is 8. The van der Waals surface area contributed by atoms with Crippen molar-refractivity contribution in [3.63, 3.8) is 0 Å². The highest BCUT2D eigenvalue weighted by molar-refractivity contribution is 7.92. The van der Waals surface area contributed by atoms with Crippen molar-refractivity contribution < 1.29 is 30.7 Å². The van der Waals surface area contributed by atoms with Gasteiger partial charge in [-0.25, -0.2) is 27.8 Å². The molecule has 4 aromatic rings. The molecule has 0 aliphatic rings. The summed E-state index contributed by atoms with van der Waals surface area (Å²) in [6.07, 6.45) is -4.77. The fourth-order valence-corrected chi connectivity index (χ4v) is 4.60. The lowest BCUT2D eigenvalue weighted by Crippen LogP contribution is -2.22. The average Bonchev–Trinajstić information content (AvgIpc) is 2.83. The zero-order valence-electron chi connectivity index (χ0n) is 19.2. The number of nitrogens with two attached hydrogens (primary N) is 2. The van der Waals surface area contributed by atoms with Gasteiger partial charge in [-0.15, -0.1) is 0 Å². The van der Waals surface area contributed by atoms with Crippen LogP contribution < -0.4 is 20.9 Å². The molecule has 0 saturated carbocycles. The number of nitrogens with one attached hydrogen (secondary N) is 1. The number of rotatable bonds is 7. The fourth-order valence-electron chi connectivity index (χ4n) is 3.50. The number of nitrogen functional groups attached to an aromatic ring is 2. The summed E-state index contributed by atoms with van der Waals surface area (Å²) in [6.45, 7) is 0. The molecule has 5 N–H and O–H groups in total. The number of nitrogens with zero attached hydrogens (tertiary/aromatic N) is 3. The SMILES string of the molecule is COc1cc(-c2cccc(NS(=O)(=O)CCC(F)(F)F)c2F)cc2c(N)nc(-c3ccc(N)nc3)nc12. The molecule has 0 fully saturated rings. The highest BCUT2D eigenvalue weighted by Crippen LogP contribution is 2.37. The molecule has 0 aliphatic heterocycles. The number of hydrogen-bond donors (Lipinski definition) is 3. The van der Waals surface area contributed by atoms with Crippen molar-refractivity contribution in [2.45, 2.75) is 12.6 Å². The first kappa shape index (κ1) is 25.9. The average molecular weight is 537 g/mol. The first-order valence-corrected chi connectivity index (χ1v) is 12.3. The molecule has 0 aliphatic carbocycles. The minimum absolute atomic E-state index is 0.0533. The summed E-state index contributed by atoms with van der Waals surface area (Å²) < 4.78 is 84.2. The molecule has 0 saturated heterocycles. The molecule has 2 aromatic carbocycles. The van der Waals surface area contributed by atoms with E-state index in [0.29, 0.717) is 22.3 Å². The van der Waals surface area contributed by atoms with Crippen molar-refractivity contribution in [2.75, 3.05) is 29.1 Å². The van der Waals surface area contributed by atoms with Crippen molar-refractivity contribution in [2.24, 2.45) is 0 Å². The monoisotopic (exact) mass is 536 g/mol. The van der Waals surface area contributed by atoms with Gasteiger partial charge in [0.25, 0.3) is 0 Å². The highest BCUT2D eigenvalue weighted by atomic mass is 32.2. The van der Waals surface area contributed by atoms with E-state index >= 15 is 4.39 Å². The van der Waals surface area contributed by atoms with Crippen LogP contribution in [0.25, 0.3) is 33.4 Å². The lowest BCUT2D eigenvalue weighted by molar-refractivity contribution is -0.129. The number of ether oxygens (including phenoxy) is 1. The van der Waals surface area contributed by atoms with Gasteiger partial charge in [0.1, 0.15) is 22.9 Å². The van der Waals surface area contributed by atoms with Crippen LogP contribution in [0.2, 0.25) is 0 Å². The van der Waals surface area contributed by atoms with Crippen LogP contribution in [0, 0.1) is 5.82 Å². The van der Waals surface area contributed by atoms with Crippen LogP contribution in [0.5, 0.6) is 5.75 Å². The Labute approximate surface area is 208 Å². The van der Waals surface area contributed by atoms with Gasteiger partial charge in [0.15, 0.2) is 11.6 Å². The Morgan fingerprint density at radius 3 is 2.46 bits per heavy atom. The van der Waals surface area contributed by atoms with Gasteiger partial charge in [0.2, 0.25) is 10.0 Å². The van der Waals surface area contributed by atoms with Gasteiger partial charge in [-0.3, -0.25) is 4.72 Å². The van der Waals surface area contributed by atoms with Crippen LogP contribution in [0.3, 0.4) is 0 Å². The molecular weight excluding hydrogens is 516 g/mol. The highest BCUT2D eigenvalue weighted by Gasteiger charge is 2.30. The van der Waals surface area contributed by atoms with E-state index in [1.165, 1.54) is 37.6 Å². The standard InChI is InChI=1S/C23H20F4N6O3S/c1-36-17-10-13(9-15-20(17)31-22(32-21(15)29)12-5-6-18(28)30-11-12)14-3-2-4-16(19(14)24)33-37(34,35)8-7-23(25,26)27/h2-6,9-11,33H,7-8H2,1H3,(H2,28,30)(H2,29,31,32). The van der Waals surface area contributed by atoms with Crippen molar-refractivity contribution in [3.8, 4) is 28.3 Å². The third kappa shape index (κ3) is 5.80. The van der Waals surface area contributed by atoms with Crippen molar-refractivity contribution >= 4 is 38.2 Å². The summed E-state index contributed by atoms with van der Waals surface area (Å²) in [7, 11) is -3.09. The van der Waals surface area contributed by atoms with Crippen LogP contribution >= 0.6 is 0 Å². The lowest BCUT2D eigenvalue weighted by Gasteiger charge is -2.14. The minimum atomic E-state index is -4.68. The molecule has 4 rings (SSSR count). The van der Waals surface area contributed by atoms with Crippen LogP contribution in [0.4, 0.5) is 34.9 Å². The van der Waals surface area contributed by atoms with Crippen molar-refractivity contribution in [3.05, 3.63) is 54.5 Å². The molecule has 0 atom stereocenters. The van der Waals surface area contributed by atoms with E-state index in [1.807, 2.05) is 4.72 Å². The minimum Gasteiger partial charge on any atom is -0.494 e. The zero-order chi connectivity index (χ0) is 27.0. The van der Waals surface area contributed by atoms with Crippen LogP contribution in [0.15, 0.2) is 48.7 Å². The first-order chi connectivity index (χ1) is 17.4. The van der Waals surface area contributed by atoms with E-state index in [9.17, 15) is 21.6 Å². The Morgan fingerprint density at radius 2 is 1.81 bits per heavy atom. The second-order valence-electron chi connectivity index (χ2n) is 7.93. The maximum Gasteiger partial charge on any atom is 0.390 e. The number of sulfonamides is 1. The number of pyridine rings is 1. The van der Waals surface area contributed by atoms with Crippen molar-refractivity contribution in [1.29, 1.82) is 0 Å². The second-order valence-corrected chi connectivity index (χ2v) is 9.77. The molecule has 9 nitrogen and oxygen atoms in total. The molecular formula is C23H20F4N6O3S. The predicted molar refractivity (Wildman–Crippen MR) is 132 cm³/mol. The quantitative estimate of drug-likeness (QED) is 0.295. The number of aromatic nitrogens is 3. The van der Waals surface area contributed by atoms with Crippen molar-refractivity contribution in [1.82, 2.24) is 15.0 Å². The third-order valence-corrected chi connectivity index (χ3v) is 6.56. The number of alkyl halides is 3. The molecule has 37 heavy (non-hydrogen) atoms. The molecule has 194 valence electrons. The van der Waals surface area contributed by atoms with E-state index in [4.69, 9.17) is 16.2 Å². The van der Waals surface area contributed by atoms with E-state index < -0.39 is 39.9 Å². The second kappa shape index (κ2) is 9.69. The Hall–Kier alpha value is -4.20. The zero-order valence-corrected chi connectivity index (χ0v) is 20.0. The lowest BCUT2D eigenvalue weighted by atomic mass is 10.0. The van der Waals surface area contributed by atoms with Crippen LogP contribution in [-0.4, -0.2) is 42.4 Å². The van der Waals surface area contributed by atoms with Gasteiger partial charge in [0, 0.05) is 22.7 Å². The predicted octanol–water partition coefficient (Wildman–Crippen LogP) is 4.37. The molecule has 2 heterocycles. The van der Waals surface area contributed by atoms with E-state index in [-0.39, 0.29) is 28.5 Å². The topological polar surface area (TPSA) is 146 Å². The van der Waals surface area contributed by atoms with Gasteiger partial charge < -0.3 is 16.2 Å². The fraction of sp³-hybridized carbons (Fsp3) is 0.174. The number of anilines is 3. The molecule has 14 heteroatoms. The molecule has 0 spiro atoms. The summed E-state index contributed by atoms with van der Waals surface area (Å²) in [5.41, 5.74) is 12.4. The van der Waals surface area contributed by atoms with Gasteiger partial charge >= 0.3 is 6.18 Å². The summed E-state index contributed by atoms with van der Waals surface area (Å²) >= 11 is 0. The van der Waals surface area contributed by atoms with Crippen LogP contribution in [-0.2, 0) is 10.0 Å². The maximum absolute atomic E-state index is 15.3. The molecule has 0 radical (unpaired) electrons. The van der Waals surface area contributed by atoms with E-state index in [1.54, 1.807) is 12.1 Å². The van der Waals surface area contributed by atoms with Gasteiger partial charge in [0.05, 0.1) is 25.0 Å². The number of methoxy groups -OCH3 is 1. The largest absolute Gasteiger partial charge is 0.494 e. The van der Waals surface area contributed by atoms with Gasteiger partial charge in [-0.2, -0.15) is 13.2 Å². The third-order valence-electron chi connectivity index (χ3n) is 5.29. The normalized spacial score (nSPS) is 12.0. The first-order valence-electron chi connectivity index (χ1n) is 10.6. The maximum atomic E-state index is 15.3. The molecule has 0 bridgehead atoms. The number of benzene rings is 2. The summed E-state index contributed by atoms with van der Waals surface area (Å²) in [5, 5.41) is 0.331. The number of fused-ring (bicyclic) bond motifs is 1.